The molecule has 0 spiro atoms. The number of aromatic nitrogens is 2. The van der Waals surface area contributed by atoms with Gasteiger partial charge >= 0.3 is 0 Å². The Morgan fingerprint density at radius 3 is 2.52 bits per heavy atom. The summed E-state index contributed by atoms with van der Waals surface area (Å²) in [5.74, 6) is -0.303. The van der Waals surface area contributed by atoms with Crippen LogP contribution in [0.25, 0.3) is 5.69 Å². The van der Waals surface area contributed by atoms with Crippen molar-refractivity contribution >= 4 is 41.4 Å². The molecule has 1 saturated heterocycles. The summed E-state index contributed by atoms with van der Waals surface area (Å²) in [5.41, 5.74) is 2.66. The van der Waals surface area contributed by atoms with E-state index in [1.807, 2.05) is 37.3 Å². The van der Waals surface area contributed by atoms with E-state index in [1.54, 1.807) is 12.1 Å². The zero-order valence-electron chi connectivity index (χ0n) is 16.8. The fourth-order valence-electron chi connectivity index (χ4n) is 3.33. The van der Waals surface area contributed by atoms with Gasteiger partial charge in [0.2, 0.25) is 5.88 Å². The molecule has 0 atom stereocenters. The van der Waals surface area contributed by atoms with Gasteiger partial charge in [0.1, 0.15) is 5.56 Å². The van der Waals surface area contributed by atoms with E-state index in [0.29, 0.717) is 29.6 Å². The molecule has 0 radical (unpaired) electrons. The van der Waals surface area contributed by atoms with E-state index in [4.69, 9.17) is 28.6 Å². The number of benzene rings is 2. The number of hydrogen-bond donors (Lipinski definition) is 2. The van der Waals surface area contributed by atoms with Crippen LogP contribution < -0.4 is 10.5 Å². The highest BCUT2D eigenvalue weighted by molar-refractivity contribution is 7.71. The summed E-state index contributed by atoms with van der Waals surface area (Å²) >= 11 is 11.5. The first kappa shape index (κ1) is 21.3. The van der Waals surface area contributed by atoms with Crippen LogP contribution in [0.1, 0.15) is 11.1 Å². The molecule has 1 aliphatic heterocycles. The number of aliphatic imine (C=N–C) groups is 1. The van der Waals surface area contributed by atoms with E-state index < -0.39 is 5.56 Å². The van der Waals surface area contributed by atoms with Crippen molar-refractivity contribution in [2.45, 2.75) is 6.92 Å². The molecule has 160 valence electrons. The number of hydrogen-bond acceptors (Lipinski definition) is 6. The van der Waals surface area contributed by atoms with E-state index in [0.717, 1.165) is 24.3 Å². The Morgan fingerprint density at radius 1 is 1.16 bits per heavy atom. The van der Waals surface area contributed by atoms with Crippen LogP contribution in [0.4, 0.5) is 11.4 Å². The molecule has 0 aliphatic carbocycles. The van der Waals surface area contributed by atoms with Crippen LogP contribution in [-0.4, -0.2) is 47.2 Å². The number of anilines is 1. The highest BCUT2D eigenvalue weighted by Gasteiger charge is 2.14. The van der Waals surface area contributed by atoms with Crippen molar-refractivity contribution in [1.29, 1.82) is 0 Å². The molecule has 2 aromatic carbocycles. The van der Waals surface area contributed by atoms with E-state index >= 15 is 0 Å². The average molecular weight is 457 g/mol. The molecule has 0 saturated carbocycles. The van der Waals surface area contributed by atoms with E-state index in [1.165, 1.54) is 10.8 Å². The molecule has 2 N–H and O–H groups in total. The summed E-state index contributed by atoms with van der Waals surface area (Å²) in [6.45, 7) is 5.01. The quantitative estimate of drug-likeness (QED) is 0.455. The maximum absolute atomic E-state index is 12.4. The highest BCUT2D eigenvalue weighted by Crippen LogP contribution is 2.25. The molecular formula is C22H21ClN4O3S. The molecule has 4 rings (SSSR count). The number of aromatic hydroxyl groups is 1. The van der Waals surface area contributed by atoms with Crippen molar-refractivity contribution in [2.24, 2.45) is 4.99 Å². The van der Waals surface area contributed by atoms with E-state index in [-0.39, 0.29) is 16.2 Å². The number of halogens is 1. The smallest absolute Gasteiger partial charge is 0.264 e. The first-order valence-corrected chi connectivity index (χ1v) is 10.5. The Kier molecular flexibility index (Phi) is 6.22. The highest BCUT2D eigenvalue weighted by atomic mass is 35.5. The standard InChI is InChI=1S/C22H21ClN4O3S/c1-14-2-5-17(12-19(14)23)27-21(29)18(20(28)25-22(27)31)13-24-15-3-6-16(7-4-15)26-8-10-30-11-9-26/h2-7,12-13,29H,8-11H2,1H3,(H,25,28,31). The van der Waals surface area contributed by atoms with Crippen LogP contribution >= 0.6 is 23.8 Å². The van der Waals surface area contributed by atoms with Crippen molar-refractivity contribution in [2.75, 3.05) is 31.2 Å². The predicted octanol–water partition coefficient (Wildman–Crippen LogP) is 4.15. The molecule has 7 nitrogen and oxygen atoms in total. The average Bonchev–Trinajstić information content (AvgIpc) is 2.77. The largest absolute Gasteiger partial charge is 0.494 e. The molecule has 3 aromatic rings. The first-order chi connectivity index (χ1) is 14.9. The minimum Gasteiger partial charge on any atom is -0.494 e. The Labute approximate surface area is 189 Å². The van der Waals surface area contributed by atoms with Gasteiger partial charge in [-0.05, 0) is 61.1 Å². The normalized spacial score (nSPS) is 14.3. The van der Waals surface area contributed by atoms with Gasteiger partial charge < -0.3 is 14.7 Å². The number of rotatable bonds is 4. The molecule has 0 unspecified atom stereocenters. The summed E-state index contributed by atoms with van der Waals surface area (Å²) in [4.78, 5) is 21.6. The molecular weight excluding hydrogens is 436 g/mol. The number of nitrogens with zero attached hydrogens (tertiary/aromatic N) is 3. The first-order valence-electron chi connectivity index (χ1n) is 9.75. The van der Waals surface area contributed by atoms with Gasteiger partial charge in [-0.3, -0.25) is 19.3 Å². The molecule has 1 fully saturated rings. The second-order valence-corrected chi connectivity index (χ2v) is 7.93. The third kappa shape index (κ3) is 4.56. The van der Waals surface area contributed by atoms with Gasteiger partial charge in [0.05, 0.1) is 24.6 Å². The molecule has 9 heteroatoms. The van der Waals surface area contributed by atoms with Crippen molar-refractivity contribution < 1.29 is 9.84 Å². The van der Waals surface area contributed by atoms with Crippen LogP contribution in [0.5, 0.6) is 5.88 Å². The Hall–Kier alpha value is -2.94. The molecule has 1 aliphatic rings. The number of aryl methyl sites for hydroxylation is 1. The predicted molar refractivity (Wildman–Crippen MR) is 125 cm³/mol. The van der Waals surface area contributed by atoms with Crippen LogP contribution in [-0.2, 0) is 4.74 Å². The fourth-order valence-corrected chi connectivity index (χ4v) is 3.78. The van der Waals surface area contributed by atoms with Crippen LogP contribution in [0, 0.1) is 11.7 Å². The third-order valence-electron chi connectivity index (χ3n) is 5.10. The summed E-state index contributed by atoms with van der Waals surface area (Å²) in [6.07, 6.45) is 1.33. The summed E-state index contributed by atoms with van der Waals surface area (Å²) in [6, 6.07) is 12.9. The number of ether oxygens (including phenoxy) is 1. The van der Waals surface area contributed by atoms with Gasteiger partial charge in [-0.25, -0.2) is 0 Å². The Morgan fingerprint density at radius 2 is 1.84 bits per heavy atom. The lowest BCUT2D eigenvalue weighted by atomic mass is 10.2. The lowest BCUT2D eigenvalue weighted by Gasteiger charge is -2.28. The molecule has 31 heavy (non-hydrogen) atoms. The zero-order valence-corrected chi connectivity index (χ0v) is 18.4. The number of nitrogens with one attached hydrogen (secondary N) is 1. The molecule has 1 aromatic heterocycles. The third-order valence-corrected chi connectivity index (χ3v) is 5.79. The minimum absolute atomic E-state index is 0.00236. The van der Waals surface area contributed by atoms with Gasteiger partial charge in [0.15, 0.2) is 4.77 Å². The Balaban J connectivity index is 1.65. The minimum atomic E-state index is -0.523. The van der Waals surface area contributed by atoms with Gasteiger partial charge in [-0.15, -0.1) is 0 Å². The maximum Gasteiger partial charge on any atom is 0.264 e. The maximum atomic E-state index is 12.4. The number of morpholine rings is 1. The van der Waals surface area contributed by atoms with Crippen LogP contribution in [0.2, 0.25) is 5.02 Å². The van der Waals surface area contributed by atoms with Crippen molar-refractivity contribution in [3.8, 4) is 11.6 Å². The van der Waals surface area contributed by atoms with Crippen molar-refractivity contribution in [1.82, 2.24) is 9.55 Å². The van der Waals surface area contributed by atoms with Gasteiger partial charge in [0, 0.05) is 30.0 Å². The summed E-state index contributed by atoms with van der Waals surface area (Å²) < 4.78 is 6.80. The van der Waals surface area contributed by atoms with Gasteiger partial charge in [0.25, 0.3) is 5.56 Å². The number of H-pyrrole nitrogens is 1. The SMILES string of the molecule is Cc1ccc(-n2c(O)c(C=Nc3ccc(N4CCOCC4)cc3)c(=O)[nH]c2=S)cc1Cl. The van der Waals surface area contributed by atoms with Crippen LogP contribution in [0.3, 0.4) is 0 Å². The second-order valence-electron chi connectivity index (χ2n) is 7.14. The van der Waals surface area contributed by atoms with Crippen molar-refractivity contribution in [3.05, 3.63) is 73.7 Å². The lowest BCUT2D eigenvalue weighted by Crippen LogP contribution is -2.36. The molecule has 0 amide bonds. The zero-order chi connectivity index (χ0) is 22.0. The lowest BCUT2D eigenvalue weighted by molar-refractivity contribution is 0.122. The summed E-state index contributed by atoms with van der Waals surface area (Å²) in [7, 11) is 0. The Bertz CT molecular complexity index is 1250. The number of aromatic amines is 1. The van der Waals surface area contributed by atoms with E-state index in [9.17, 15) is 9.90 Å². The monoisotopic (exact) mass is 456 g/mol. The fraction of sp³-hybridized carbons (Fsp3) is 0.227. The van der Waals surface area contributed by atoms with Crippen LogP contribution in [0.15, 0.2) is 52.3 Å². The summed E-state index contributed by atoms with van der Waals surface area (Å²) in [5, 5.41) is 11.3. The van der Waals surface area contributed by atoms with Crippen molar-refractivity contribution in [3.63, 3.8) is 0 Å². The second kappa shape index (κ2) is 9.05. The molecule has 2 heterocycles. The topological polar surface area (TPSA) is 82.8 Å². The molecule has 0 bridgehead atoms. The van der Waals surface area contributed by atoms with Gasteiger partial charge in [-0.1, -0.05) is 17.7 Å². The van der Waals surface area contributed by atoms with E-state index in [2.05, 4.69) is 14.9 Å². The van der Waals surface area contributed by atoms with Gasteiger partial charge in [-0.2, -0.15) is 0 Å².